The van der Waals surface area contributed by atoms with Crippen LogP contribution in [0, 0.1) is 5.92 Å². The predicted molar refractivity (Wildman–Crippen MR) is 162 cm³/mol. The zero-order chi connectivity index (χ0) is 28.9. The van der Waals surface area contributed by atoms with Crippen LogP contribution in [0.4, 0.5) is 10.6 Å². The highest BCUT2D eigenvalue weighted by Gasteiger charge is 2.23. The number of carboxylic acid groups (broad SMARTS) is 1. The van der Waals surface area contributed by atoms with Gasteiger partial charge >= 0.3 is 6.09 Å². The Morgan fingerprint density at radius 1 is 1.02 bits per heavy atom. The number of amides is 1. The largest absolute Gasteiger partial charge is 0.465 e. The summed E-state index contributed by atoms with van der Waals surface area (Å²) in [4.78, 5) is 29.0. The Balaban J connectivity index is 1.32. The van der Waals surface area contributed by atoms with E-state index >= 15 is 0 Å². The van der Waals surface area contributed by atoms with Gasteiger partial charge in [-0.15, -0.1) is 0 Å². The topological polar surface area (TPSA) is 85.3 Å². The van der Waals surface area contributed by atoms with Crippen molar-refractivity contribution in [1.82, 2.24) is 24.7 Å². The van der Waals surface area contributed by atoms with Crippen LogP contribution in [0.25, 0.3) is 11.3 Å². The Morgan fingerprint density at radius 2 is 1.73 bits per heavy atom. The molecule has 0 unspecified atom stereocenters. The number of halogens is 2. The van der Waals surface area contributed by atoms with Crippen molar-refractivity contribution in [3.05, 3.63) is 64.3 Å². The first-order chi connectivity index (χ1) is 19.7. The van der Waals surface area contributed by atoms with Gasteiger partial charge in [-0.2, -0.15) is 0 Å². The van der Waals surface area contributed by atoms with E-state index in [1.165, 1.54) is 4.90 Å². The highest BCUT2D eigenvalue weighted by Crippen LogP contribution is 2.31. The summed E-state index contributed by atoms with van der Waals surface area (Å²) in [6.45, 7) is 7.02. The van der Waals surface area contributed by atoms with Crippen LogP contribution in [0.2, 0.25) is 10.0 Å². The highest BCUT2D eigenvalue weighted by molar-refractivity contribution is 6.35. The number of likely N-dealkylation sites (tertiary alicyclic amines) is 1. The smallest absolute Gasteiger partial charge is 0.407 e. The monoisotopic (exact) mass is 598 g/mol. The number of rotatable bonds is 8. The molecule has 0 bridgehead atoms. The van der Waals surface area contributed by atoms with Crippen molar-refractivity contribution in [2.24, 2.45) is 5.92 Å². The van der Waals surface area contributed by atoms with E-state index < -0.39 is 6.09 Å². The van der Waals surface area contributed by atoms with Gasteiger partial charge in [0.1, 0.15) is 11.6 Å². The quantitative estimate of drug-likeness (QED) is 0.347. The number of ether oxygens (including phenoxy) is 1. The van der Waals surface area contributed by atoms with Crippen molar-refractivity contribution < 1.29 is 14.6 Å². The van der Waals surface area contributed by atoms with Gasteiger partial charge in [-0.05, 0) is 80.9 Å². The van der Waals surface area contributed by atoms with Crippen molar-refractivity contribution in [3.63, 3.8) is 0 Å². The van der Waals surface area contributed by atoms with Gasteiger partial charge in [0.15, 0.2) is 0 Å². The number of likely N-dealkylation sites (N-methyl/N-ethyl adjacent to an activating group) is 1. The number of piperidine rings is 1. The van der Waals surface area contributed by atoms with Crippen molar-refractivity contribution in [3.8, 4) is 22.9 Å². The SMILES string of the molecule is CN1CCN(c2ccc(Oc3cc(CN4CCC(CN(C)C(=O)O)CC4)cc(-c4cc(Cl)cc(Cl)c4)n3)cn2)CC1. The number of pyridine rings is 2. The molecule has 5 rings (SSSR count). The third-order valence-electron chi connectivity index (χ3n) is 7.76. The maximum Gasteiger partial charge on any atom is 0.407 e. The Morgan fingerprint density at radius 3 is 2.37 bits per heavy atom. The van der Waals surface area contributed by atoms with Crippen LogP contribution in [0.3, 0.4) is 0 Å². The van der Waals surface area contributed by atoms with E-state index in [2.05, 4.69) is 26.7 Å². The fourth-order valence-corrected chi connectivity index (χ4v) is 5.91. The van der Waals surface area contributed by atoms with Gasteiger partial charge in [0.2, 0.25) is 5.88 Å². The predicted octanol–water partition coefficient (Wildman–Crippen LogP) is 5.82. The summed E-state index contributed by atoms with van der Waals surface area (Å²) in [5.74, 6) is 2.40. The molecule has 0 spiro atoms. The molecule has 218 valence electrons. The number of piperazine rings is 1. The normalized spacial score (nSPS) is 17.0. The molecule has 2 aliphatic heterocycles. The lowest BCUT2D eigenvalue weighted by Crippen LogP contribution is -2.44. The maximum atomic E-state index is 11.2. The molecular formula is C30H36Cl2N6O3. The van der Waals surface area contributed by atoms with Crippen LogP contribution >= 0.6 is 23.2 Å². The minimum Gasteiger partial charge on any atom is -0.465 e. The summed E-state index contributed by atoms with van der Waals surface area (Å²) < 4.78 is 6.23. The zero-order valence-corrected chi connectivity index (χ0v) is 25.0. The molecule has 1 amide bonds. The van der Waals surface area contributed by atoms with Crippen LogP contribution < -0.4 is 9.64 Å². The second-order valence-corrected chi connectivity index (χ2v) is 11.9. The first kappa shape index (κ1) is 29.4. The molecule has 2 fully saturated rings. The van der Waals surface area contributed by atoms with E-state index in [4.69, 9.17) is 32.9 Å². The first-order valence-corrected chi connectivity index (χ1v) is 14.7. The van der Waals surface area contributed by atoms with Gasteiger partial charge in [-0.1, -0.05) is 23.2 Å². The minimum atomic E-state index is -0.880. The summed E-state index contributed by atoms with van der Waals surface area (Å²) in [5.41, 5.74) is 2.60. The maximum absolute atomic E-state index is 11.2. The number of benzene rings is 1. The Kier molecular flexibility index (Phi) is 9.49. The van der Waals surface area contributed by atoms with Crippen LogP contribution in [-0.4, -0.2) is 95.8 Å². The molecule has 2 aliphatic rings. The van der Waals surface area contributed by atoms with Crippen molar-refractivity contribution in [1.29, 1.82) is 0 Å². The number of hydrogen-bond donors (Lipinski definition) is 1. The van der Waals surface area contributed by atoms with E-state index in [-0.39, 0.29) is 0 Å². The summed E-state index contributed by atoms with van der Waals surface area (Å²) in [6, 6.07) is 13.3. The number of hydrogen-bond acceptors (Lipinski definition) is 7. The lowest BCUT2D eigenvalue weighted by Gasteiger charge is -2.33. The van der Waals surface area contributed by atoms with E-state index in [1.807, 2.05) is 36.4 Å². The Hall–Kier alpha value is -3.11. The number of aromatic nitrogens is 2. The summed E-state index contributed by atoms with van der Waals surface area (Å²) >= 11 is 12.6. The fourth-order valence-electron chi connectivity index (χ4n) is 5.38. The molecule has 41 heavy (non-hydrogen) atoms. The van der Waals surface area contributed by atoms with Gasteiger partial charge < -0.3 is 24.5 Å². The third kappa shape index (κ3) is 8.01. The first-order valence-electron chi connectivity index (χ1n) is 13.9. The summed E-state index contributed by atoms with van der Waals surface area (Å²) in [5, 5.41) is 10.3. The average molecular weight is 600 g/mol. The fraction of sp³-hybridized carbons (Fsp3) is 0.433. The molecule has 4 heterocycles. The second kappa shape index (κ2) is 13.2. The van der Waals surface area contributed by atoms with Crippen LogP contribution in [0.15, 0.2) is 48.7 Å². The van der Waals surface area contributed by atoms with Gasteiger partial charge in [-0.3, -0.25) is 4.90 Å². The minimum absolute atomic E-state index is 0.370. The Bertz CT molecular complexity index is 1320. The number of carbonyl (C=O) groups is 1. The zero-order valence-electron chi connectivity index (χ0n) is 23.5. The van der Waals surface area contributed by atoms with Crippen LogP contribution in [0.5, 0.6) is 11.6 Å². The molecule has 0 aliphatic carbocycles. The van der Waals surface area contributed by atoms with E-state index in [9.17, 15) is 9.90 Å². The van der Waals surface area contributed by atoms with Gasteiger partial charge in [0.25, 0.3) is 0 Å². The van der Waals surface area contributed by atoms with Crippen molar-refractivity contribution in [2.75, 3.05) is 64.8 Å². The average Bonchev–Trinajstić information content (AvgIpc) is 2.94. The molecule has 2 aromatic heterocycles. The molecule has 2 saturated heterocycles. The molecule has 9 nitrogen and oxygen atoms in total. The summed E-state index contributed by atoms with van der Waals surface area (Å²) in [6.07, 6.45) is 2.77. The molecule has 0 saturated carbocycles. The second-order valence-electron chi connectivity index (χ2n) is 11.0. The van der Waals surface area contributed by atoms with E-state index in [0.29, 0.717) is 34.1 Å². The molecular weight excluding hydrogens is 563 g/mol. The van der Waals surface area contributed by atoms with Crippen molar-refractivity contribution in [2.45, 2.75) is 19.4 Å². The van der Waals surface area contributed by atoms with Crippen LogP contribution in [-0.2, 0) is 6.54 Å². The lowest BCUT2D eigenvalue weighted by atomic mass is 9.96. The highest BCUT2D eigenvalue weighted by atomic mass is 35.5. The summed E-state index contributed by atoms with van der Waals surface area (Å²) in [7, 11) is 3.77. The molecule has 1 aromatic carbocycles. The number of anilines is 1. The van der Waals surface area contributed by atoms with Gasteiger partial charge in [0, 0.05) is 68.0 Å². The number of nitrogens with zero attached hydrogens (tertiary/aromatic N) is 6. The van der Waals surface area contributed by atoms with Gasteiger partial charge in [-0.25, -0.2) is 14.8 Å². The molecule has 3 aromatic rings. The standard InChI is InChI=1S/C30H36Cl2N6O3/c1-35-9-11-38(12-10-35)28-4-3-26(18-33-28)41-29-14-22(13-27(34-29)23-15-24(31)17-25(32)16-23)20-37-7-5-21(6-8-37)19-36(2)30(39)40/h3-4,13-18,21H,5-12,19-20H2,1-2H3,(H,39,40). The third-order valence-corrected chi connectivity index (χ3v) is 8.20. The van der Waals surface area contributed by atoms with Crippen LogP contribution in [0.1, 0.15) is 18.4 Å². The Labute approximate surface area is 251 Å². The molecule has 0 atom stereocenters. The molecule has 1 N–H and O–H groups in total. The van der Waals surface area contributed by atoms with E-state index in [0.717, 1.165) is 81.3 Å². The van der Waals surface area contributed by atoms with Crippen molar-refractivity contribution >= 4 is 35.1 Å². The van der Waals surface area contributed by atoms with Gasteiger partial charge in [0.05, 0.1) is 11.9 Å². The lowest BCUT2D eigenvalue weighted by molar-refractivity contribution is 0.126. The van der Waals surface area contributed by atoms with E-state index in [1.54, 1.807) is 19.3 Å². The molecule has 0 radical (unpaired) electrons. The molecule has 11 heteroatoms.